The molecule has 29 heavy (non-hydrogen) atoms. The largest absolute Gasteiger partial charge is 0.495 e. The molecule has 150 valence electrons. The van der Waals surface area contributed by atoms with Crippen molar-refractivity contribution in [1.29, 1.82) is 0 Å². The maximum absolute atomic E-state index is 12.5. The van der Waals surface area contributed by atoms with E-state index >= 15 is 0 Å². The van der Waals surface area contributed by atoms with Crippen molar-refractivity contribution >= 4 is 17.6 Å². The molecule has 0 radical (unpaired) electrons. The van der Waals surface area contributed by atoms with Gasteiger partial charge in [-0.25, -0.2) is 4.79 Å². The highest BCUT2D eigenvalue weighted by Gasteiger charge is 2.14. The van der Waals surface area contributed by atoms with Crippen molar-refractivity contribution < 1.29 is 28.2 Å². The minimum Gasteiger partial charge on any atom is -0.495 e. The van der Waals surface area contributed by atoms with E-state index in [2.05, 4.69) is 10.1 Å². The summed E-state index contributed by atoms with van der Waals surface area (Å²) in [4.78, 5) is 23.9. The van der Waals surface area contributed by atoms with Crippen LogP contribution in [0.2, 0.25) is 0 Å². The van der Waals surface area contributed by atoms with Crippen LogP contribution < -0.4 is 14.8 Å². The summed E-state index contributed by atoms with van der Waals surface area (Å²) in [5.74, 6) is 0.974. The third-order valence-electron chi connectivity index (χ3n) is 4.15. The van der Waals surface area contributed by atoms with E-state index in [0.717, 1.165) is 5.56 Å². The highest BCUT2D eigenvalue weighted by atomic mass is 16.5. The monoisotopic (exact) mass is 395 g/mol. The lowest BCUT2D eigenvalue weighted by molar-refractivity contribution is 0.0600. The van der Waals surface area contributed by atoms with Gasteiger partial charge in [-0.1, -0.05) is 6.07 Å². The first-order chi connectivity index (χ1) is 14.0. The van der Waals surface area contributed by atoms with Crippen LogP contribution in [-0.2, 0) is 11.3 Å². The predicted molar refractivity (Wildman–Crippen MR) is 107 cm³/mol. The van der Waals surface area contributed by atoms with Gasteiger partial charge in [0, 0.05) is 0 Å². The summed E-state index contributed by atoms with van der Waals surface area (Å²) < 4.78 is 21.1. The standard InChI is InChI=1S/C22H21NO6/c1-14-4-10-19(26-2)18(12-14)23-21(24)20-11-9-17(29-20)13-28-16-7-5-15(6-8-16)22(25)27-3/h4-12H,13H2,1-3H3,(H,23,24). The van der Waals surface area contributed by atoms with Crippen LogP contribution in [0.1, 0.15) is 32.2 Å². The quantitative estimate of drug-likeness (QED) is 0.603. The van der Waals surface area contributed by atoms with Gasteiger partial charge in [-0.2, -0.15) is 0 Å². The lowest BCUT2D eigenvalue weighted by Gasteiger charge is -2.10. The summed E-state index contributed by atoms with van der Waals surface area (Å²) in [5, 5.41) is 2.79. The van der Waals surface area contributed by atoms with E-state index in [1.807, 2.05) is 19.1 Å². The van der Waals surface area contributed by atoms with Gasteiger partial charge >= 0.3 is 5.97 Å². The van der Waals surface area contributed by atoms with Crippen LogP contribution in [0, 0.1) is 6.92 Å². The van der Waals surface area contributed by atoms with E-state index in [1.54, 1.807) is 49.6 Å². The van der Waals surface area contributed by atoms with Crippen molar-refractivity contribution in [3.63, 3.8) is 0 Å². The van der Waals surface area contributed by atoms with Crippen molar-refractivity contribution in [2.75, 3.05) is 19.5 Å². The zero-order chi connectivity index (χ0) is 20.8. The van der Waals surface area contributed by atoms with E-state index in [-0.39, 0.29) is 18.3 Å². The van der Waals surface area contributed by atoms with Gasteiger partial charge in [-0.05, 0) is 61.0 Å². The van der Waals surface area contributed by atoms with Gasteiger partial charge in [-0.15, -0.1) is 0 Å². The topological polar surface area (TPSA) is 87.0 Å². The zero-order valence-corrected chi connectivity index (χ0v) is 16.4. The van der Waals surface area contributed by atoms with Crippen LogP contribution in [0.25, 0.3) is 0 Å². The van der Waals surface area contributed by atoms with Crippen molar-refractivity contribution in [3.8, 4) is 11.5 Å². The van der Waals surface area contributed by atoms with Crippen molar-refractivity contribution in [2.24, 2.45) is 0 Å². The smallest absolute Gasteiger partial charge is 0.337 e. The second kappa shape index (κ2) is 8.97. The molecule has 1 amide bonds. The molecule has 1 aromatic heterocycles. The number of benzene rings is 2. The molecule has 0 aliphatic rings. The zero-order valence-electron chi connectivity index (χ0n) is 16.4. The second-order valence-corrected chi connectivity index (χ2v) is 6.23. The van der Waals surface area contributed by atoms with Crippen molar-refractivity contribution in [1.82, 2.24) is 0 Å². The average Bonchev–Trinajstić information content (AvgIpc) is 3.21. The first-order valence-electron chi connectivity index (χ1n) is 8.86. The number of aryl methyl sites for hydroxylation is 1. The number of hydrogen-bond donors (Lipinski definition) is 1. The summed E-state index contributed by atoms with van der Waals surface area (Å²) >= 11 is 0. The number of ether oxygens (including phenoxy) is 3. The van der Waals surface area contributed by atoms with Crippen LogP contribution in [-0.4, -0.2) is 26.1 Å². The molecule has 1 heterocycles. The highest BCUT2D eigenvalue weighted by molar-refractivity contribution is 6.03. The van der Waals surface area contributed by atoms with Crippen LogP contribution in [0.5, 0.6) is 11.5 Å². The number of methoxy groups -OCH3 is 2. The summed E-state index contributed by atoms with van der Waals surface area (Å²) in [6.07, 6.45) is 0. The molecule has 0 atom stereocenters. The molecule has 0 unspecified atom stereocenters. The Labute approximate surface area is 168 Å². The van der Waals surface area contributed by atoms with E-state index in [9.17, 15) is 9.59 Å². The van der Waals surface area contributed by atoms with Gasteiger partial charge in [-0.3, -0.25) is 4.79 Å². The van der Waals surface area contributed by atoms with Gasteiger partial charge in [0.1, 0.15) is 23.9 Å². The van der Waals surface area contributed by atoms with Crippen LogP contribution in [0.4, 0.5) is 5.69 Å². The molecule has 0 saturated carbocycles. The van der Waals surface area contributed by atoms with Crippen LogP contribution in [0.15, 0.2) is 59.0 Å². The minimum absolute atomic E-state index is 0.138. The molecule has 0 fully saturated rings. The van der Waals surface area contributed by atoms with Crippen molar-refractivity contribution in [2.45, 2.75) is 13.5 Å². The average molecular weight is 395 g/mol. The fraction of sp³-hybridized carbons (Fsp3) is 0.182. The molecule has 0 saturated heterocycles. The number of anilines is 1. The summed E-state index contributed by atoms with van der Waals surface area (Å²) in [6.45, 7) is 2.06. The number of esters is 1. The van der Waals surface area contributed by atoms with Gasteiger partial charge < -0.3 is 23.9 Å². The molecule has 3 rings (SSSR count). The van der Waals surface area contributed by atoms with E-state index in [4.69, 9.17) is 13.9 Å². The Morgan fingerprint density at radius 3 is 2.45 bits per heavy atom. The number of rotatable bonds is 7. The molecular formula is C22H21NO6. The molecule has 0 bridgehead atoms. The Morgan fingerprint density at radius 2 is 1.76 bits per heavy atom. The van der Waals surface area contributed by atoms with E-state index < -0.39 is 5.97 Å². The fourth-order valence-corrected chi connectivity index (χ4v) is 2.64. The number of carbonyl (C=O) groups is 2. The van der Waals surface area contributed by atoms with Crippen LogP contribution >= 0.6 is 0 Å². The lowest BCUT2D eigenvalue weighted by atomic mass is 10.2. The minimum atomic E-state index is -0.413. The summed E-state index contributed by atoms with van der Waals surface area (Å²) in [6, 6.07) is 15.3. The number of amides is 1. The molecule has 1 N–H and O–H groups in total. The maximum Gasteiger partial charge on any atom is 0.337 e. The Kier molecular flexibility index (Phi) is 6.19. The first kappa shape index (κ1) is 20.0. The number of furan rings is 1. The molecule has 0 aliphatic carbocycles. The molecule has 3 aromatic rings. The van der Waals surface area contributed by atoms with Gasteiger partial charge in [0.15, 0.2) is 5.76 Å². The first-order valence-corrected chi connectivity index (χ1v) is 8.86. The third-order valence-corrected chi connectivity index (χ3v) is 4.15. The normalized spacial score (nSPS) is 10.3. The van der Waals surface area contributed by atoms with Crippen LogP contribution in [0.3, 0.4) is 0 Å². The Hall–Kier alpha value is -3.74. The predicted octanol–water partition coefficient (Wildman–Crippen LogP) is 4.21. The molecule has 0 aliphatic heterocycles. The number of nitrogens with one attached hydrogen (secondary N) is 1. The number of hydrogen-bond acceptors (Lipinski definition) is 6. The fourth-order valence-electron chi connectivity index (χ4n) is 2.64. The second-order valence-electron chi connectivity index (χ2n) is 6.23. The third kappa shape index (κ3) is 4.95. The Bertz CT molecular complexity index is 1010. The van der Waals surface area contributed by atoms with Gasteiger partial charge in [0.2, 0.25) is 0 Å². The van der Waals surface area contributed by atoms with E-state index in [0.29, 0.717) is 28.5 Å². The molecular weight excluding hydrogens is 374 g/mol. The lowest BCUT2D eigenvalue weighted by Crippen LogP contribution is -2.12. The Morgan fingerprint density at radius 1 is 1.00 bits per heavy atom. The Balaban J connectivity index is 1.61. The van der Waals surface area contributed by atoms with Gasteiger partial charge in [0.25, 0.3) is 5.91 Å². The molecule has 7 heteroatoms. The summed E-state index contributed by atoms with van der Waals surface area (Å²) in [5.41, 5.74) is 1.99. The summed E-state index contributed by atoms with van der Waals surface area (Å²) in [7, 11) is 2.87. The highest BCUT2D eigenvalue weighted by Crippen LogP contribution is 2.26. The maximum atomic E-state index is 12.5. The van der Waals surface area contributed by atoms with Crippen molar-refractivity contribution in [3.05, 3.63) is 77.2 Å². The molecule has 7 nitrogen and oxygen atoms in total. The SMILES string of the molecule is COC(=O)c1ccc(OCc2ccc(C(=O)Nc3cc(C)ccc3OC)o2)cc1. The number of carbonyl (C=O) groups excluding carboxylic acids is 2. The van der Waals surface area contributed by atoms with Gasteiger partial charge in [0.05, 0.1) is 25.5 Å². The molecule has 0 spiro atoms. The van der Waals surface area contributed by atoms with E-state index in [1.165, 1.54) is 7.11 Å². The molecule has 2 aromatic carbocycles.